The van der Waals surface area contributed by atoms with Crippen LogP contribution in [-0.2, 0) is 9.84 Å². The second-order valence-corrected chi connectivity index (χ2v) is 11.5. The van der Waals surface area contributed by atoms with E-state index in [1.54, 1.807) is 12.1 Å². The molecule has 0 N–H and O–H groups in total. The van der Waals surface area contributed by atoms with E-state index in [2.05, 4.69) is 59.6 Å². The summed E-state index contributed by atoms with van der Waals surface area (Å²) >= 11 is 0. The molecule has 1 aliphatic heterocycles. The minimum Gasteiger partial charge on any atom is -0.256 e. The lowest BCUT2D eigenvalue weighted by Gasteiger charge is -2.14. The van der Waals surface area contributed by atoms with E-state index in [4.69, 9.17) is 0 Å². The van der Waals surface area contributed by atoms with Crippen molar-refractivity contribution in [1.29, 1.82) is 0 Å². The lowest BCUT2D eigenvalue weighted by atomic mass is 9.90. The summed E-state index contributed by atoms with van der Waals surface area (Å²) in [7, 11) is -3.56. The van der Waals surface area contributed by atoms with E-state index in [0.717, 1.165) is 65.5 Å². The van der Waals surface area contributed by atoms with Crippen molar-refractivity contribution in [1.82, 2.24) is 4.98 Å². The monoisotopic (exact) mass is 493 g/mol. The Labute approximate surface area is 213 Å². The highest BCUT2D eigenvalue weighted by molar-refractivity contribution is 7.92. The number of sulfone groups is 1. The first-order valence-electron chi connectivity index (χ1n) is 12.2. The molecule has 0 spiro atoms. The fraction of sp³-hybridized carbons (Fsp3) is 0. The maximum absolute atomic E-state index is 13.5. The third-order valence-electron chi connectivity index (χ3n) is 7.62. The van der Waals surface area contributed by atoms with Gasteiger partial charge in [-0.1, -0.05) is 72.8 Å². The van der Waals surface area contributed by atoms with Gasteiger partial charge in [-0.2, -0.15) is 0 Å². The van der Waals surface area contributed by atoms with Gasteiger partial charge >= 0.3 is 0 Å². The van der Waals surface area contributed by atoms with Crippen molar-refractivity contribution in [2.45, 2.75) is 9.79 Å². The van der Waals surface area contributed by atoms with Gasteiger partial charge in [0.25, 0.3) is 0 Å². The van der Waals surface area contributed by atoms with E-state index in [1.165, 1.54) is 0 Å². The van der Waals surface area contributed by atoms with Gasteiger partial charge in [0.15, 0.2) is 0 Å². The number of benzene rings is 6. The first kappa shape index (κ1) is 20.6. The Kier molecular flexibility index (Phi) is 4.04. The molecule has 8 rings (SSSR count). The number of rotatable bonds is 1. The number of pyridine rings is 1. The number of hydrogen-bond donors (Lipinski definition) is 0. The fourth-order valence-electron chi connectivity index (χ4n) is 5.86. The molecule has 1 aliphatic rings. The van der Waals surface area contributed by atoms with E-state index < -0.39 is 9.84 Å². The summed E-state index contributed by atoms with van der Waals surface area (Å²) in [5, 5.41) is 7.52. The molecule has 7 aromatic rings. The highest BCUT2D eigenvalue weighted by Gasteiger charge is 2.33. The number of nitrogens with zero attached hydrogens (tertiary/aromatic N) is 1. The third kappa shape index (κ3) is 2.82. The van der Waals surface area contributed by atoms with Gasteiger partial charge in [0, 0.05) is 28.3 Å². The normalized spacial score (nSPS) is 13.8. The molecule has 0 amide bonds. The smallest absolute Gasteiger partial charge is 0.207 e. The molecule has 0 atom stereocenters. The number of aromatic nitrogens is 1. The Hall–Kier alpha value is -4.54. The second-order valence-electron chi connectivity index (χ2n) is 9.62. The Balaban J connectivity index is 1.46. The molecule has 0 aliphatic carbocycles. The molecule has 4 heteroatoms. The summed E-state index contributed by atoms with van der Waals surface area (Å²) in [6.07, 6.45) is 1.92. The van der Waals surface area contributed by atoms with Crippen LogP contribution in [0.5, 0.6) is 0 Å². The Morgan fingerprint density at radius 3 is 2.03 bits per heavy atom. The molecule has 0 fully saturated rings. The van der Waals surface area contributed by atoms with Crippen LogP contribution in [0.4, 0.5) is 0 Å². The van der Waals surface area contributed by atoms with Crippen molar-refractivity contribution in [3.63, 3.8) is 0 Å². The Morgan fingerprint density at radius 1 is 0.486 bits per heavy atom. The van der Waals surface area contributed by atoms with Crippen LogP contribution in [0.15, 0.2) is 125 Å². The van der Waals surface area contributed by atoms with Crippen LogP contribution in [0, 0.1) is 0 Å². The van der Waals surface area contributed by atoms with Gasteiger partial charge in [-0.25, -0.2) is 8.42 Å². The summed E-state index contributed by atoms with van der Waals surface area (Å²) < 4.78 is 26.9. The second kappa shape index (κ2) is 7.25. The average Bonchev–Trinajstić information content (AvgIpc) is 3.18. The molecule has 0 bridgehead atoms. The zero-order valence-corrected chi connectivity index (χ0v) is 20.5. The minimum atomic E-state index is -3.56. The average molecular weight is 494 g/mol. The van der Waals surface area contributed by atoms with Crippen LogP contribution in [0.1, 0.15) is 0 Å². The van der Waals surface area contributed by atoms with E-state index in [9.17, 15) is 8.42 Å². The van der Waals surface area contributed by atoms with Gasteiger partial charge in [0.05, 0.1) is 15.3 Å². The predicted molar refractivity (Wildman–Crippen MR) is 151 cm³/mol. The number of hydrogen-bond acceptors (Lipinski definition) is 3. The summed E-state index contributed by atoms with van der Waals surface area (Å²) in [4.78, 5) is 5.44. The molecule has 0 saturated heterocycles. The standard InChI is InChI=1S/C33H19NO2S/c35-37(36)32-12-6-4-10-26(32)30-17-28-24-9-3-2-8-23(24)27-16-20(13-14-25(27)29(28)18-33(30)37)22-15-21-7-1-5-11-31(21)34-19-22/h1-19H. The fourth-order valence-corrected chi connectivity index (χ4v) is 7.56. The largest absolute Gasteiger partial charge is 0.256 e. The number of para-hydroxylation sites is 1. The number of fused-ring (bicyclic) bond motifs is 10. The lowest BCUT2D eigenvalue weighted by molar-refractivity contribution is 0.599. The van der Waals surface area contributed by atoms with Crippen LogP contribution >= 0.6 is 0 Å². The van der Waals surface area contributed by atoms with Gasteiger partial charge in [-0.05, 0) is 74.3 Å². The van der Waals surface area contributed by atoms with Crippen LogP contribution in [0.3, 0.4) is 0 Å². The molecule has 1 aromatic heterocycles. The van der Waals surface area contributed by atoms with Crippen molar-refractivity contribution in [3.8, 4) is 22.3 Å². The molecule has 0 unspecified atom stereocenters. The molecule has 0 saturated carbocycles. The van der Waals surface area contributed by atoms with Crippen molar-refractivity contribution in [2.75, 3.05) is 0 Å². The quantitative estimate of drug-likeness (QED) is 0.217. The third-order valence-corrected chi connectivity index (χ3v) is 9.47. The highest BCUT2D eigenvalue weighted by Crippen LogP contribution is 2.47. The van der Waals surface area contributed by atoms with E-state index in [0.29, 0.717) is 9.79 Å². The van der Waals surface area contributed by atoms with Crippen molar-refractivity contribution >= 4 is 53.1 Å². The zero-order valence-electron chi connectivity index (χ0n) is 19.6. The Morgan fingerprint density at radius 2 is 1.16 bits per heavy atom. The minimum absolute atomic E-state index is 0.389. The molecule has 2 heterocycles. The van der Waals surface area contributed by atoms with Gasteiger partial charge in [0.1, 0.15) is 0 Å². The predicted octanol–water partition coefficient (Wildman–Crippen LogP) is 8.17. The van der Waals surface area contributed by atoms with Crippen LogP contribution in [-0.4, -0.2) is 13.4 Å². The molecule has 0 radical (unpaired) electrons. The van der Waals surface area contributed by atoms with Crippen molar-refractivity contribution < 1.29 is 8.42 Å². The highest BCUT2D eigenvalue weighted by atomic mass is 32.2. The van der Waals surface area contributed by atoms with Gasteiger partial charge in [-0.15, -0.1) is 0 Å². The van der Waals surface area contributed by atoms with Crippen LogP contribution in [0.25, 0.3) is 65.5 Å². The van der Waals surface area contributed by atoms with Crippen molar-refractivity contribution in [3.05, 3.63) is 115 Å². The molecule has 37 heavy (non-hydrogen) atoms. The lowest BCUT2D eigenvalue weighted by Crippen LogP contribution is -1.96. The molecular weight excluding hydrogens is 474 g/mol. The van der Waals surface area contributed by atoms with E-state index >= 15 is 0 Å². The van der Waals surface area contributed by atoms with Crippen LogP contribution < -0.4 is 0 Å². The molecule has 6 aromatic carbocycles. The van der Waals surface area contributed by atoms with Crippen LogP contribution in [0.2, 0.25) is 0 Å². The zero-order chi connectivity index (χ0) is 24.7. The van der Waals surface area contributed by atoms with E-state index in [-0.39, 0.29) is 0 Å². The topological polar surface area (TPSA) is 47.0 Å². The summed E-state index contributed by atoms with van der Waals surface area (Å²) in [6.45, 7) is 0. The first-order chi connectivity index (χ1) is 18.1. The Bertz CT molecular complexity index is 2210. The molecule has 3 nitrogen and oxygen atoms in total. The van der Waals surface area contributed by atoms with Gasteiger partial charge < -0.3 is 0 Å². The molecule has 174 valence electrons. The summed E-state index contributed by atoms with van der Waals surface area (Å²) in [6, 6.07) is 36.3. The first-order valence-corrected chi connectivity index (χ1v) is 13.7. The van der Waals surface area contributed by atoms with E-state index in [1.807, 2.05) is 48.7 Å². The maximum Gasteiger partial charge on any atom is 0.207 e. The summed E-state index contributed by atoms with van der Waals surface area (Å²) in [5.74, 6) is 0. The maximum atomic E-state index is 13.5. The van der Waals surface area contributed by atoms with Gasteiger partial charge in [-0.3, -0.25) is 4.98 Å². The van der Waals surface area contributed by atoms with Gasteiger partial charge in [0.2, 0.25) is 9.84 Å². The summed E-state index contributed by atoms with van der Waals surface area (Å²) in [5.41, 5.74) is 4.67. The molecular formula is C33H19NO2S. The SMILES string of the molecule is O=S1(=O)c2ccccc2-c2cc3c4ccccc4c4cc(-c5cnc6ccccc6c5)ccc4c3cc21. The van der Waals surface area contributed by atoms with Crippen molar-refractivity contribution in [2.24, 2.45) is 0 Å².